The molecule has 2 aromatic carbocycles. The molecule has 0 unspecified atom stereocenters. The number of anilines is 1. The monoisotopic (exact) mass is 407 g/mol. The van der Waals surface area contributed by atoms with Crippen molar-refractivity contribution >= 4 is 11.7 Å². The van der Waals surface area contributed by atoms with E-state index in [2.05, 4.69) is 0 Å². The van der Waals surface area contributed by atoms with Crippen LogP contribution in [0.25, 0.3) is 11.1 Å². The summed E-state index contributed by atoms with van der Waals surface area (Å²) < 4.78 is 50.3. The van der Waals surface area contributed by atoms with E-state index in [1.54, 1.807) is 12.1 Å². The number of halogens is 3. The van der Waals surface area contributed by atoms with E-state index in [0.29, 0.717) is 36.6 Å². The van der Waals surface area contributed by atoms with Crippen LogP contribution < -0.4 is 9.64 Å². The van der Waals surface area contributed by atoms with Gasteiger partial charge in [-0.2, -0.15) is 13.2 Å². The van der Waals surface area contributed by atoms with Crippen LogP contribution in [0.4, 0.5) is 18.9 Å². The molecule has 1 heterocycles. The Morgan fingerprint density at radius 2 is 1.93 bits per heavy atom. The third-order valence-electron chi connectivity index (χ3n) is 5.00. The molecule has 4 nitrogen and oxygen atoms in total. The average Bonchev–Trinajstić information content (AvgIpc) is 2.66. The van der Waals surface area contributed by atoms with Crippen molar-refractivity contribution in [2.24, 2.45) is 5.92 Å². The lowest BCUT2D eigenvalue weighted by atomic mass is 9.97. The highest BCUT2D eigenvalue weighted by Crippen LogP contribution is 2.39. The van der Waals surface area contributed by atoms with Gasteiger partial charge in [0.25, 0.3) is 0 Å². The maximum absolute atomic E-state index is 13.3. The lowest BCUT2D eigenvalue weighted by Gasteiger charge is -2.39. The first-order chi connectivity index (χ1) is 13.8. The number of carbonyl (C=O) groups excluding carboxylic acids is 1. The average molecular weight is 407 g/mol. The number of nitrogens with zero attached hydrogens (tertiary/aromatic N) is 1. The number of hydrogen-bond acceptors (Lipinski definition) is 4. The summed E-state index contributed by atoms with van der Waals surface area (Å²) in [7, 11) is 1.36. The van der Waals surface area contributed by atoms with E-state index >= 15 is 0 Å². The van der Waals surface area contributed by atoms with E-state index in [4.69, 9.17) is 9.47 Å². The molecule has 156 valence electrons. The minimum absolute atomic E-state index is 0.176. The second-order valence-electron chi connectivity index (χ2n) is 7.09. The van der Waals surface area contributed by atoms with Gasteiger partial charge in [-0.1, -0.05) is 25.5 Å². The predicted molar refractivity (Wildman–Crippen MR) is 105 cm³/mol. The molecule has 0 saturated carbocycles. The first-order valence-electron chi connectivity index (χ1n) is 9.60. The summed E-state index contributed by atoms with van der Waals surface area (Å²) in [6, 6.07) is 10.8. The Morgan fingerprint density at radius 1 is 1.17 bits per heavy atom. The van der Waals surface area contributed by atoms with Crippen LogP contribution in [-0.4, -0.2) is 32.8 Å². The fourth-order valence-electron chi connectivity index (χ4n) is 3.26. The van der Waals surface area contributed by atoms with E-state index in [1.807, 2.05) is 24.0 Å². The first kappa shape index (κ1) is 21.0. The van der Waals surface area contributed by atoms with Gasteiger partial charge in [-0.3, -0.25) is 4.79 Å². The van der Waals surface area contributed by atoms with Crippen LogP contribution >= 0.6 is 0 Å². The number of hydrogen-bond donors (Lipinski definition) is 0. The maximum atomic E-state index is 13.3. The van der Waals surface area contributed by atoms with Gasteiger partial charge in [-0.15, -0.1) is 0 Å². The van der Waals surface area contributed by atoms with Gasteiger partial charge < -0.3 is 14.4 Å². The zero-order valence-corrected chi connectivity index (χ0v) is 16.5. The molecule has 1 aliphatic heterocycles. The van der Waals surface area contributed by atoms with E-state index in [0.717, 1.165) is 30.7 Å². The SMILES string of the molecule is CCCCOc1ccc(C(F)(F)F)cc1-c1cccc(N2CC(C(=O)OC)C2)c1. The first-order valence-corrected chi connectivity index (χ1v) is 9.60. The third-order valence-corrected chi connectivity index (χ3v) is 5.00. The second kappa shape index (κ2) is 8.76. The van der Waals surface area contributed by atoms with Crippen molar-refractivity contribution in [3.63, 3.8) is 0 Å². The van der Waals surface area contributed by atoms with Crippen LogP contribution in [0.5, 0.6) is 5.75 Å². The summed E-state index contributed by atoms with van der Waals surface area (Å²) >= 11 is 0. The molecule has 1 aliphatic rings. The van der Waals surface area contributed by atoms with Crippen LogP contribution in [0, 0.1) is 5.92 Å². The van der Waals surface area contributed by atoms with Gasteiger partial charge in [-0.05, 0) is 42.3 Å². The van der Waals surface area contributed by atoms with Gasteiger partial charge in [0.1, 0.15) is 5.75 Å². The van der Waals surface area contributed by atoms with Crippen molar-refractivity contribution in [2.75, 3.05) is 31.7 Å². The maximum Gasteiger partial charge on any atom is 0.416 e. The highest BCUT2D eigenvalue weighted by Gasteiger charge is 2.34. The minimum Gasteiger partial charge on any atom is -0.493 e. The number of unbranched alkanes of at least 4 members (excludes halogenated alkanes) is 1. The van der Waals surface area contributed by atoms with Crippen molar-refractivity contribution in [3.8, 4) is 16.9 Å². The van der Waals surface area contributed by atoms with Crippen molar-refractivity contribution in [1.29, 1.82) is 0 Å². The number of ether oxygens (including phenoxy) is 2. The van der Waals surface area contributed by atoms with Crippen LogP contribution in [0.1, 0.15) is 25.3 Å². The number of carbonyl (C=O) groups is 1. The Bertz CT molecular complexity index is 861. The van der Waals surface area contributed by atoms with Gasteiger partial charge in [0.15, 0.2) is 0 Å². The normalized spacial score (nSPS) is 14.4. The fraction of sp³-hybridized carbons (Fsp3) is 0.409. The summed E-state index contributed by atoms with van der Waals surface area (Å²) in [5.41, 5.74) is 1.18. The lowest BCUT2D eigenvalue weighted by molar-refractivity contribution is -0.146. The molecule has 3 rings (SSSR count). The summed E-state index contributed by atoms with van der Waals surface area (Å²) in [6.45, 7) is 3.52. The topological polar surface area (TPSA) is 38.8 Å². The molecule has 0 spiro atoms. The predicted octanol–water partition coefficient (Wildman–Crippen LogP) is 5.16. The number of methoxy groups -OCH3 is 1. The van der Waals surface area contributed by atoms with Crippen LogP contribution in [0.3, 0.4) is 0 Å². The second-order valence-corrected chi connectivity index (χ2v) is 7.09. The Balaban J connectivity index is 1.89. The van der Waals surface area contributed by atoms with Crippen LogP contribution in [-0.2, 0) is 15.7 Å². The summed E-state index contributed by atoms with van der Waals surface area (Å²) in [5, 5.41) is 0. The summed E-state index contributed by atoms with van der Waals surface area (Å²) in [4.78, 5) is 13.6. The molecule has 7 heteroatoms. The quantitative estimate of drug-likeness (QED) is 0.469. The molecule has 29 heavy (non-hydrogen) atoms. The molecule has 0 amide bonds. The van der Waals surface area contributed by atoms with Crippen molar-refractivity contribution in [3.05, 3.63) is 48.0 Å². The molecule has 0 N–H and O–H groups in total. The van der Waals surface area contributed by atoms with E-state index in [1.165, 1.54) is 13.2 Å². The smallest absolute Gasteiger partial charge is 0.416 e. The van der Waals surface area contributed by atoms with E-state index < -0.39 is 11.7 Å². The van der Waals surface area contributed by atoms with Gasteiger partial charge in [0, 0.05) is 24.3 Å². The Morgan fingerprint density at radius 3 is 2.59 bits per heavy atom. The van der Waals surface area contributed by atoms with Crippen LogP contribution in [0.15, 0.2) is 42.5 Å². The minimum atomic E-state index is -4.43. The molecule has 0 aromatic heterocycles. The highest BCUT2D eigenvalue weighted by atomic mass is 19.4. The number of alkyl halides is 3. The van der Waals surface area contributed by atoms with Gasteiger partial charge in [0.2, 0.25) is 0 Å². The van der Waals surface area contributed by atoms with Crippen molar-refractivity contribution in [2.45, 2.75) is 25.9 Å². The fourth-order valence-corrected chi connectivity index (χ4v) is 3.26. The Kier molecular flexibility index (Phi) is 6.35. The zero-order valence-electron chi connectivity index (χ0n) is 16.5. The standard InChI is InChI=1S/C22H24F3NO3/c1-3-4-10-29-20-9-8-17(22(23,24)25)12-19(20)15-6-5-7-18(11-15)26-13-16(14-26)21(27)28-2/h5-9,11-12,16H,3-4,10,13-14H2,1-2H3. The molecular formula is C22H24F3NO3. The molecular weight excluding hydrogens is 383 g/mol. The zero-order chi connectivity index (χ0) is 21.0. The van der Waals surface area contributed by atoms with Gasteiger partial charge >= 0.3 is 12.1 Å². The number of esters is 1. The van der Waals surface area contributed by atoms with Gasteiger partial charge in [0.05, 0.1) is 25.2 Å². The third kappa shape index (κ3) is 4.83. The Hall–Kier alpha value is -2.70. The van der Waals surface area contributed by atoms with Gasteiger partial charge in [-0.25, -0.2) is 0 Å². The molecule has 1 saturated heterocycles. The number of benzene rings is 2. The molecule has 0 atom stereocenters. The largest absolute Gasteiger partial charge is 0.493 e. The number of rotatable bonds is 7. The molecule has 0 aliphatic carbocycles. The lowest BCUT2D eigenvalue weighted by Crippen LogP contribution is -2.50. The molecule has 0 radical (unpaired) electrons. The molecule has 0 bridgehead atoms. The van der Waals surface area contributed by atoms with Crippen molar-refractivity contribution < 1.29 is 27.4 Å². The summed E-state index contributed by atoms with van der Waals surface area (Å²) in [5.74, 6) is 0.00620. The molecule has 2 aromatic rings. The Labute approximate surface area is 168 Å². The van der Waals surface area contributed by atoms with E-state index in [9.17, 15) is 18.0 Å². The molecule has 1 fully saturated rings. The van der Waals surface area contributed by atoms with Crippen LogP contribution in [0.2, 0.25) is 0 Å². The summed E-state index contributed by atoms with van der Waals surface area (Å²) in [6.07, 6.45) is -2.68. The highest BCUT2D eigenvalue weighted by molar-refractivity contribution is 5.78. The van der Waals surface area contributed by atoms with Crippen molar-refractivity contribution in [1.82, 2.24) is 0 Å². The van der Waals surface area contributed by atoms with E-state index in [-0.39, 0.29) is 11.9 Å².